The third kappa shape index (κ3) is 7.58. The number of non-ortho nitro benzene ring substituents is 1. The van der Waals surface area contributed by atoms with E-state index in [2.05, 4.69) is 9.71 Å². The van der Waals surface area contributed by atoms with E-state index in [0.29, 0.717) is 5.76 Å². The van der Waals surface area contributed by atoms with Gasteiger partial charge in [0, 0.05) is 12.1 Å². The van der Waals surface area contributed by atoms with Gasteiger partial charge in [-0.15, -0.1) is 4.40 Å². The van der Waals surface area contributed by atoms with Crippen molar-refractivity contribution in [2.24, 2.45) is 10.3 Å². The van der Waals surface area contributed by atoms with Crippen LogP contribution in [0.15, 0.2) is 56.4 Å². The Morgan fingerprint density at radius 1 is 1.15 bits per heavy atom. The van der Waals surface area contributed by atoms with Crippen LogP contribution in [0.1, 0.15) is 53.3 Å². The molecule has 186 valence electrons. The average Bonchev–Trinajstić information content (AvgIpc) is 3.24. The fraction of sp³-hybridized carbons (Fsp3) is 0.455. The van der Waals surface area contributed by atoms with E-state index in [4.69, 9.17) is 13.9 Å². The van der Waals surface area contributed by atoms with Crippen molar-refractivity contribution in [2.75, 3.05) is 0 Å². The summed E-state index contributed by atoms with van der Waals surface area (Å²) in [6.45, 7) is 10.2. The van der Waals surface area contributed by atoms with Gasteiger partial charge in [0.05, 0.1) is 28.1 Å². The van der Waals surface area contributed by atoms with E-state index in [-0.39, 0.29) is 16.5 Å². The van der Waals surface area contributed by atoms with Crippen LogP contribution in [0, 0.1) is 16.0 Å². The van der Waals surface area contributed by atoms with Crippen LogP contribution in [0.25, 0.3) is 0 Å². The Labute approximate surface area is 198 Å². The van der Waals surface area contributed by atoms with Gasteiger partial charge in [0.1, 0.15) is 17.4 Å². The first-order chi connectivity index (χ1) is 15.7. The third-order valence-electron chi connectivity index (χ3n) is 4.32. The maximum absolute atomic E-state index is 13.0. The summed E-state index contributed by atoms with van der Waals surface area (Å²) in [5, 5.41) is 13.6. The van der Waals surface area contributed by atoms with E-state index >= 15 is 0 Å². The third-order valence-corrected chi connectivity index (χ3v) is 5.61. The first-order valence-corrected chi connectivity index (χ1v) is 11.9. The van der Waals surface area contributed by atoms with Gasteiger partial charge >= 0.3 is 6.09 Å². The zero-order valence-electron chi connectivity index (χ0n) is 19.8. The molecule has 1 N–H and O–H groups in total. The molecular weight excluding hydrogens is 466 g/mol. The number of nitro benzene ring substituents is 1. The first kappa shape index (κ1) is 26.8. The van der Waals surface area contributed by atoms with E-state index in [9.17, 15) is 23.3 Å². The summed E-state index contributed by atoms with van der Waals surface area (Å²) in [5.41, 5.74) is -1.01. The van der Waals surface area contributed by atoms with Crippen molar-refractivity contribution >= 4 is 27.7 Å². The van der Waals surface area contributed by atoms with Gasteiger partial charge in [0.25, 0.3) is 15.7 Å². The monoisotopic (exact) mass is 495 g/mol. The molecular formula is C22H29N3O8S. The zero-order valence-corrected chi connectivity index (χ0v) is 20.7. The minimum absolute atomic E-state index is 0.175. The van der Waals surface area contributed by atoms with Crippen molar-refractivity contribution in [3.8, 4) is 0 Å². The second kappa shape index (κ2) is 10.7. The molecule has 0 spiro atoms. The van der Waals surface area contributed by atoms with Gasteiger partial charge in [-0.3, -0.25) is 10.1 Å². The lowest BCUT2D eigenvalue weighted by Gasteiger charge is -2.27. The number of sulfonamides is 1. The summed E-state index contributed by atoms with van der Waals surface area (Å²) in [6.07, 6.45) is 0.245. The standard InChI is InChI=1S/C22H29N3O8S/c1-14(2)32-20(24-34(29,30)17-11-9-16(10-12-17)25(27)28)15(3)19(18-8-7-13-31-18)23-21(26)33-22(4,5)6/h7-15,19H,1-6H3,(H,23,26). The molecule has 0 bridgehead atoms. The Kier molecular flexibility index (Phi) is 8.43. The van der Waals surface area contributed by atoms with Crippen LogP contribution < -0.4 is 5.32 Å². The highest BCUT2D eigenvalue weighted by Crippen LogP contribution is 2.27. The quantitative estimate of drug-likeness (QED) is 0.241. The molecule has 2 rings (SSSR count). The summed E-state index contributed by atoms with van der Waals surface area (Å²) in [7, 11) is -4.29. The Hall–Kier alpha value is -3.41. The van der Waals surface area contributed by atoms with Crippen molar-refractivity contribution < 1.29 is 32.0 Å². The highest BCUT2D eigenvalue weighted by Gasteiger charge is 2.32. The molecule has 0 fully saturated rings. The van der Waals surface area contributed by atoms with Gasteiger partial charge in [0.2, 0.25) is 5.90 Å². The van der Waals surface area contributed by atoms with Crippen LogP contribution in [-0.4, -0.2) is 37.0 Å². The molecule has 0 saturated heterocycles. The molecule has 12 heteroatoms. The maximum atomic E-state index is 13.0. The average molecular weight is 496 g/mol. The predicted octanol–water partition coefficient (Wildman–Crippen LogP) is 4.60. The molecule has 2 unspecified atom stereocenters. The van der Waals surface area contributed by atoms with Gasteiger partial charge in [-0.25, -0.2) is 4.79 Å². The topological polar surface area (TPSA) is 150 Å². The first-order valence-electron chi connectivity index (χ1n) is 10.5. The van der Waals surface area contributed by atoms with Crippen molar-refractivity contribution in [3.05, 3.63) is 58.5 Å². The summed E-state index contributed by atoms with van der Waals surface area (Å²) in [5.74, 6) is -0.633. The Morgan fingerprint density at radius 2 is 1.76 bits per heavy atom. The van der Waals surface area contributed by atoms with Crippen LogP contribution >= 0.6 is 0 Å². The molecule has 1 aromatic carbocycles. The Bertz CT molecular complexity index is 1120. The molecule has 0 aliphatic rings. The predicted molar refractivity (Wildman–Crippen MR) is 124 cm³/mol. The summed E-state index contributed by atoms with van der Waals surface area (Å²) in [6, 6.07) is 6.72. The molecule has 1 amide bonds. The number of carbonyl (C=O) groups is 1. The lowest BCUT2D eigenvalue weighted by Crippen LogP contribution is -2.40. The van der Waals surface area contributed by atoms with E-state index < -0.39 is 44.7 Å². The number of hydrogen-bond acceptors (Lipinski definition) is 8. The van der Waals surface area contributed by atoms with Gasteiger partial charge in [-0.1, -0.05) is 6.92 Å². The number of hydrogen-bond donors (Lipinski definition) is 1. The highest BCUT2D eigenvalue weighted by atomic mass is 32.2. The number of amides is 1. The van der Waals surface area contributed by atoms with Crippen LogP contribution in [0.3, 0.4) is 0 Å². The second-order valence-electron chi connectivity index (χ2n) is 8.75. The molecule has 2 aromatic rings. The minimum atomic E-state index is -4.29. The number of benzene rings is 1. The van der Waals surface area contributed by atoms with Crippen molar-refractivity contribution in [1.82, 2.24) is 5.32 Å². The van der Waals surface area contributed by atoms with E-state index in [1.54, 1.807) is 53.7 Å². The number of ether oxygens (including phenoxy) is 2. The van der Waals surface area contributed by atoms with Crippen LogP contribution in [0.4, 0.5) is 10.5 Å². The smallest absolute Gasteiger partial charge is 0.408 e. The number of rotatable bonds is 8. The molecule has 0 aliphatic carbocycles. The summed E-state index contributed by atoms with van der Waals surface area (Å²) in [4.78, 5) is 22.5. The molecule has 0 radical (unpaired) electrons. The van der Waals surface area contributed by atoms with E-state index in [1.165, 1.54) is 6.26 Å². The van der Waals surface area contributed by atoms with E-state index in [1.807, 2.05) is 0 Å². The zero-order chi connectivity index (χ0) is 25.7. The molecule has 11 nitrogen and oxygen atoms in total. The van der Waals surface area contributed by atoms with Crippen LogP contribution in [0.2, 0.25) is 0 Å². The van der Waals surface area contributed by atoms with Crippen molar-refractivity contribution in [1.29, 1.82) is 0 Å². The maximum Gasteiger partial charge on any atom is 0.408 e. The molecule has 0 aliphatic heterocycles. The van der Waals surface area contributed by atoms with Crippen LogP contribution in [0.5, 0.6) is 0 Å². The fourth-order valence-electron chi connectivity index (χ4n) is 2.85. The SMILES string of the molecule is CC(C)OC(=NS(=O)(=O)c1ccc([N+](=O)[O-])cc1)C(C)C(NC(=O)OC(C)(C)C)c1ccco1. The number of nitrogens with one attached hydrogen (secondary N) is 1. The fourth-order valence-corrected chi connectivity index (χ4v) is 3.88. The normalized spacial score (nSPS) is 14.4. The lowest BCUT2D eigenvalue weighted by molar-refractivity contribution is -0.384. The van der Waals surface area contributed by atoms with Gasteiger partial charge in [-0.2, -0.15) is 8.42 Å². The highest BCUT2D eigenvalue weighted by molar-refractivity contribution is 7.90. The Morgan fingerprint density at radius 3 is 2.24 bits per heavy atom. The van der Waals surface area contributed by atoms with Crippen molar-refractivity contribution in [2.45, 2.75) is 64.2 Å². The number of nitro groups is 1. The van der Waals surface area contributed by atoms with Gasteiger partial charge in [-0.05, 0) is 58.9 Å². The number of alkyl carbamates (subject to hydrolysis) is 1. The molecule has 0 saturated carbocycles. The summed E-state index contributed by atoms with van der Waals surface area (Å²) < 4.78 is 46.3. The van der Waals surface area contributed by atoms with E-state index in [0.717, 1.165) is 24.3 Å². The molecule has 1 heterocycles. The van der Waals surface area contributed by atoms with Crippen LogP contribution in [-0.2, 0) is 19.5 Å². The molecule has 34 heavy (non-hydrogen) atoms. The number of nitrogens with zero attached hydrogens (tertiary/aromatic N) is 2. The molecule has 1 aromatic heterocycles. The largest absolute Gasteiger partial charge is 0.477 e. The number of carbonyl (C=O) groups excluding carboxylic acids is 1. The summed E-state index contributed by atoms with van der Waals surface area (Å²) >= 11 is 0. The van der Waals surface area contributed by atoms with Gasteiger partial charge < -0.3 is 19.2 Å². The lowest BCUT2D eigenvalue weighted by atomic mass is 9.99. The number of furan rings is 1. The van der Waals surface area contributed by atoms with Crippen molar-refractivity contribution in [3.63, 3.8) is 0 Å². The minimum Gasteiger partial charge on any atom is -0.477 e. The second-order valence-corrected chi connectivity index (χ2v) is 10.4. The molecule has 2 atom stereocenters. The Balaban J connectivity index is 2.46. The van der Waals surface area contributed by atoms with Gasteiger partial charge in [0.15, 0.2) is 0 Å².